The molecular weight excluding hydrogens is 238 g/mol. The number of rotatable bonds is 2. The minimum atomic E-state index is -0.249. The minimum absolute atomic E-state index is 0.224. The fraction of sp³-hybridized carbons (Fsp3) is 0.312. The van der Waals surface area contributed by atoms with Crippen LogP contribution in [0.3, 0.4) is 0 Å². The minimum Gasteiger partial charge on any atom is -0.348 e. The van der Waals surface area contributed by atoms with Crippen LogP contribution < -0.4 is 0 Å². The highest BCUT2D eigenvalue weighted by Crippen LogP contribution is 2.30. The van der Waals surface area contributed by atoms with Crippen LogP contribution in [0.4, 0.5) is 0 Å². The van der Waals surface area contributed by atoms with Crippen LogP contribution in [-0.4, -0.2) is 18.2 Å². The van der Waals surface area contributed by atoms with E-state index in [-0.39, 0.29) is 12.2 Å². The van der Waals surface area contributed by atoms with Crippen LogP contribution in [0.5, 0.6) is 0 Å². The maximum absolute atomic E-state index is 5.85. The topological polar surface area (TPSA) is 31.4 Å². The largest absolute Gasteiger partial charge is 0.348 e. The Hall–Kier alpha value is -1.71. The van der Waals surface area contributed by atoms with Crippen molar-refractivity contribution in [3.05, 3.63) is 65.5 Å². The lowest BCUT2D eigenvalue weighted by molar-refractivity contribution is -0.192. The van der Waals surface area contributed by atoms with Crippen LogP contribution in [0.1, 0.15) is 29.0 Å². The number of ether oxygens (including phenoxy) is 2. The van der Waals surface area contributed by atoms with Crippen LogP contribution >= 0.6 is 0 Å². The molecule has 0 bridgehead atoms. The normalized spacial score (nSPS) is 23.2. The van der Waals surface area contributed by atoms with Crippen LogP contribution in [0.25, 0.3) is 0 Å². The van der Waals surface area contributed by atoms with E-state index < -0.39 is 0 Å². The average Bonchev–Trinajstić information content (AvgIpc) is 2.49. The molecule has 0 amide bonds. The van der Waals surface area contributed by atoms with Crippen LogP contribution in [0, 0.1) is 6.92 Å². The molecule has 3 nitrogen and oxygen atoms in total. The van der Waals surface area contributed by atoms with Gasteiger partial charge in [-0.05, 0) is 24.6 Å². The van der Waals surface area contributed by atoms with Gasteiger partial charge in [-0.25, -0.2) is 0 Å². The lowest BCUT2D eigenvalue weighted by Crippen LogP contribution is -2.26. The summed E-state index contributed by atoms with van der Waals surface area (Å²) in [5, 5.41) is 0. The Bertz CT molecular complexity index is 533. The summed E-state index contributed by atoms with van der Waals surface area (Å²) in [6.07, 6.45) is 1.56. The van der Waals surface area contributed by atoms with E-state index in [0.29, 0.717) is 13.2 Å². The fourth-order valence-corrected chi connectivity index (χ4v) is 2.32. The third-order valence-corrected chi connectivity index (χ3v) is 3.45. The lowest BCUT2D eigenvalue weighted by atomic mass is 10.0. The van der Waals surface area contributed by atoms with Gasteiger partial charge in [0.05, 0.1) is 13.2 Å². The molecule has 98 valence electrons. The standard InChI is InChI=1S/C16H17NO2/c1-12-6-2-3-7-14(12)16-18-10-13(11-19-16)15-8-4-5-9-17-15/h2-9,13,16H,10-11H2,1H3. The molecule has 1 aromatic carbocycles. The molecule has 19 heavy (non-hydrogen) atoms. The maximum Gasteiger partial charge on any atom is 0.184 e. The summed E-state index contributed by atoms with van der Waals surface area (Å²) < 4.78 is 11.7. The first kappa shape index (κ1) is 12.3. The first-order valence-electron chi connectivity index (χ1n) is 6.54. The molecular formula is C16H17NO2. The van der Waals surface area contributed by atoms with Crippen molar-refractivity contribution in [2.75, 3.05) is 13.2 Å². The number of hydrogen-bond donors (Lipinski definition) is 0. The molecule has 1 aromatic heterocycles. The molecule has 0 aliphatic carbocycles. The zero-order chi connectivity index (χ0) is 13.1. The Labute approximate surface area is 113 Å². The summed E-state index contributed by atoms with van der Waals surface area (Å²) in [6, 6.07) is 14.1. The number of aryl methyl sites for hydroxylation is 1. The fourth-order valence-electron chi connectivity index (χ4n) is 2.32. The van der Waals surface area contributed by atoms with Crippen molar-refractivity contribution in [1.29, 1.82) is 0 Å². The van der Waals surface area contributed by atoms with E-state index in [0.717, 1.165) is 11.3 Å². The first-order chi connectivity index (χ1) is 9.34. The molecule has 1 aliphatic heterocycles. The van der Waals surface area contributed by atoms with Gasteiger partial charge in [-0.1, -0.05) is 30.3 Å². The average molecular weight is 255 g/mol. The molecule has 0 unspecified atom stereocenters. The molecule has 0 saturated carbocycles. The third kappa shape index (κ3) is 2.67. The molecule has 1 aliphatic rings. The predicted octanol–water partition coefficient (Wildman–Crippen LogP) is 3.22. The Kier molecular flexibility index (Phi) is 3.58. The molecule has 0 spiro atoms. The van der Waals surface area contributed by atoms with Gasteiger partial charge in [0.15, 0.2) is 6.29 Å². The Morgan fingerprint density at radius 1 is 1.00 bits per heavy atom. The van der Waals surface area contributed by atoms with Gasteiger partial charge >= 0.3 is 0 Å². The van der Waals surface area contributed by atoms with Gasteiger partial charge in [0.2, 0.25) is 0 Å². The number of benzene rings is 1. The van der Waals surface area contributed by atoms with Crippen molar-refractivity contribution < 1.29 is 9.47 Å². The number of nitrogens with zero attached hydrogens (tertiary/aromatic N) is 1. The van der Waals surface area contributed by atoms with E-state index in [1.54, 1.807) is 0 Å². The molecule has 0 atom stereocenters. The summed E-state index contributed by atoms with van der Waals surface area (Å²) in [7, 11) is 0. The van der Waals surface area contributed by atoms with Gasteiger partial charge in [-0.15, -0.1) is 0 Å². The SMILES string of the molecule is Cc1ccccc1C1OCC(c2ccccn2)CO1. The molecule has 3 rings (SSSR count). The van der Waals surface area contributed by atoms with Crippen molar-refractivity contribution >= 4 is 0 Å². The zero-order valence-corrected chi connectivity index (χ0v) is 11.0. The van der Waals surface area contributed by atoms with Crippen molar-refractivity contribution in [3.63, 3.8) is 0 Å². The highest BCUT2D eigenvalue weighted by atomic mass is 16.7. The quantitative estimate of drug-likeness (QED) is 0.825. The lowest BCUT2D eigenvalue weighted by Gasteiger charge is -2.30. The Morgan fingerprint density at radius 3 is 2.42 bits per heavy atom. The van der Waals surface area contributed by atoms with Crippen molar-refractivity contribution in [2.45, 2.75) is 19.1 Å². The van der Waals surface area contributed by atoms with Crippen LogP contribution in [-0.2, 0) is 9.47 Å². The summed E-state index contributed by atoms with van der Waals surface area (Å²) in [6.45, 7) is 3.37. The van der Waals surface area contributed by atoms with Gasteiger partial charge in [0.25, 0.3) is 0 Å². The van der Waals surface area contributed by atoms with E-state index >= 15 is 0 Å². The molecule has 0 radical (unpaired) electrons. The van der Waals surface area contributed by atoms with Crippen molar-refractivity contribution in [2.24, 2.45) is 0 Å². The summed E-state index contributed by atoms with van der Waals surface area (Å²) in [5.41, 5.74) is 3.34. The third-order valence-electron chi connectivity index (χ3n) is 3.45. The van der Waals surface area contributed by atoms with Gasteiger partial charge in [-0.2, -0.15) is 0 Å². The zero-order valence-electron chi connectivity index (χ0n) is 11.0. The second kappa shape index (κ2) is 5.51. The molecule has 1 fully saturated rings. The second-order valence-electron chi connectivity index (χ2n) is 4.81. The van der Waals surface area contributed by atoms with Crippen molar-refractivity contribution in [3.8, 4) is 0 Å². The van der Waals surface area contributed by atoms with Crippen LogP contribution in [0.15, 0.2) is 48.7 Å². The van der Waals surface area contributed by atoms with E-state index in [9.17, 15) is 0 Å². The highest BCUT2D eigenvalue weighted by Gasteiger charge is 2.25. The van der Waals surface area contributed by atoms with E-state index in [1.165, 1.54) is 5.56 Å². The van der Waals surface area contributed by atoms with Crippen molar-refractivity contribution in [1.82, 2.24) is 4.98 Å². The molecule has 3 heteroatoms. The monoisotopic (exact) mass is 255 g/mol. The van der Waals surface area contributed by atoms with E-state index in [2.05, 4.69) is 24.0 Å². The molecule has 2 aromatic rings. The van der Waals surface area contributed by atoms with E-state index in [1.807, 2.05) is 36.5 Å². The Morgan fingerprint density at radius 2 is 1.74 bits per heavy atom. The summed E-state index contributed by atoms with van der Waals surface area (Å²) >= 11 is 0. The number of pyridine rings is 1. The van der Waals surface area contributed by atoms with Gasteiger partial charge in [0, 0.05) is 23.4 Å². The molecule has 1 saturated heterocycles. The number of aromatic nitrogens is 1. The molecule has 2 heterocycles. The maximum atomic E-state index is 5.85. The highest BCUT2D eigenvalue weighted by molar-refractivity contribution is 5.27. The summed E-state index contributed by atoms with van der Waals surface area (Å²) in [4.78, 5) is 4.36. The van der Waals surface area contributed by atoms with Gasteiger partial charge in [0.1, 0.15) is 0 Å². The van der Waals surface area contributed by atoms with Gasteiger partial charge in [-0.3, -0.25) is 4.98 Å². The van der Waals surface area contributed by atoms with Gasteiger partial charge < -0.3 is 9.47 Å². The summed E-state index contributed by atoms with van der Waals surface area (Å²) in [5.74, 6) is 0.224. The first-order valence-corrected chi connectivity index (χ1v) is 6.54. The smallest absolute Gasteiger partial charge is 0.184 e. The number of hydrogen-bond acceptors (Lipinski definition) is 3. The Balaban J connectivity index is 1.69. The van der Waals surface area contributed by atoms with Crippen LogP contribution in [0.2, 0.25) is 0 Å². The second-order valence-corrected chi connectivity index (χ2v) is 4.81. The predicted molar refractivity (Wildman–Crippen MR) is 72.8 cm³/mol. The molecule has 0 N–H and O–H groups in total. The van der Waals surface area contributed by atoms with E-state index in [4.69, 9.17) is 9.47 Å².